The van der Waals surface area contributed by atoms with E-state index in [1.807, 2.05) is 31.2 Å². The number of para-hydroxylation sites is 1. The predicted molar refractivity (Wildman–Crippen MR) is 96.4 cm³/mol. The molecule has 6 heteroatoms. The van der Waals surface area contributed by atoms with Crippen LogP contribution in [-0.4, -0.2) is 49.2 Å². The Bertz CT molecular complexity index is 607. The highest BCUT2D eigenvalue weighted by Gasteiger charge is 2.23. The largest absolute Gasteiger partial charge is 0.493 e. The Kier molecular flexibility index (Phi) is 7.32. The number of hydrogen-bond acceptors (Lipinski definition) is 4. The standard InChI is InChI=1S/C19H26N2O4/c1-3-24-17-8-6-5-7-15(17)9-10-18(22)20-16-11-13-21(14-12-16)19(23)25-4-2/h5-10,16H,3-4,11-14H2,1-2H3,(H,20,22)/b10-9+. The quantitative estimate of drug-likeness (QED) is 0.804. The van der Waals surface area contributed by atoms with Gasteiger partial charge in [0.25, 0.3) is 0 Å². The zero-order chi connectivity index (χ0) is 18.1. The molecule has 1 aliphatic heterocycles. The average molecular weight is 346 g/mol. The van der Waals surface area contributed by atoms with Crippen molar-refractivity contribution in [2.45, 2.75) is 32.7 Å². The van der Waals surface area contributed by atoms with E-state index < -0.39 is 0 Å². The summed E-state index contributed by atoms with van der Waals surface area (Å²) in [5.74, 6) is 0.623. The minimum atomic E-state index is -0.278. The topological polar surface area (TPSA) is 67.9 Å². The van der Waals surface area contributed by atoms with Gasteiger partial charge < -0.3 is 19.7 Å². The number of likely N-dealkylation sites (tertiary alicyclic amines) is 1. The molecule has 1 fully saturated rings. The van der Waals surface area contributed by atoms with Gasteiger partial charge >= 0.3 is 6.09 Å². The summed E-state index contributed by atoms with van der Waals surface area (Å²) in [4.78, 5) is 25.5. The third-order valence-corrected chi connectivity index (χ3v) is 4.00. The molecule has 6 nitrogen and oxygen atoms in total. The average Bonchev–Trinajstić information content (AvgIpc) is 2.62. The first kappa shape index (κ1) is 18.8. The minimum absolute atomic E-state index is 0.0740. The number of nitrogens with one attached hydrogen (secondary N) is 1. The highest BCUT2D eigenvalue weighted by atomic mass is 16.6. The van der Waals surface area contributed by atoms with Crippen LogP contribution in [0, 0.1) is 0 Å². The summed E-state index contributed by atoms with van der Waals surface area (Å²) in [5, 5.41) is 2.99. The first-order chi connectivity index (χ1) is 12.1. The maximum atomic E-state index is 12.1. The van der Waals surface area contributed by atoms with Crippen LogP contribution in [0.15, 0.2) is 30.3 Å². The Morgan fingerprint density at radius 1 is 1.20 bits per heavy atom. The summed E-state index contributed by atoms with van der Waals surface area (Å²) >= 11 is 0. The molecule has 2 rings (SSSR count). The van der Waals surface area contributed by atoms with Crippen molar-refractivity contribution in [1.82, 2.24) is 10.2 Å². The number of nitrogens with zero attached hydrogens (tertiary/aromatic N) is 1. The second-order valence-electron chi connectivity index (χ2n) is 5.77. The molecule has 1 heterocycles. The fourth-order valence-electron chi connectivity index (χ4n) is 2.74. The fraction of sp³-hybridized carbons (Fsp3) is 0.474. The smallest absolute Gasteiger partial charge is 0.409 e. The molecule has 1 aromatic carbocycles. The van der Waals surface area contributed by atoms with Crippen LogP contribution < -0.4 is 10.1 Å². The molecule has 2 amide bonds. The maximum Gasteiger partial charge on any atom is 0.409 e. The molecule has 0 bridgehead atoms. The third kappa shape index (κ3) is 5.81. The maximum absolute atomic E-state index is 12.1. The molecule has 0 aromatic heterocycles. The molecule has 1 saturated heterocycles. The molecular weight excluding hydrogens is 320 g/mol. The van der Waals surface area contributed by atoms with Crippen molar-refractivity contribution >= 4 is 18.1 Å². The summed E-state index contributed by atoms with van der Waals surface area (Å²) in [5.41, 5.74) is 0.872. The van der Waals surface area contributed by atoms with E-state index in [2.05, 4.69) is 5.32 Å². The SMILES string of the molecule is CCOC(=O)N1CCC(NC(=O)/C=C/c2ccccc2OCC)CC1. The van der Waals surface area contributed by atoms with Crippen LogP contribution in [0.25, 0.3) is 6.08 Å². The molecule has 0 unspecified atom stereocenters. The number of ether oxygens (including phenoxy) is 2. The van der Waals surface area contributed by atoms with Crippen LogP contribution in [0.1, 0.15) is 32.3 Å². The van der Waals surface area contributed by atoms with Crippen LogP contribution in [-0.2, 0) is 9.53 Å². The van der Waals surface area contributed by atoms with E-state index in [1.54, 1.807) is 17.9 Å². The number of carbonyl (C=O) groups is 2. The third-order valence-electron chi connectivity index (χ3n) is 4.00. The Morgan fingerprint density at radius 2 is 1.92 bits per heavy atom. The predicted octanol–water partition coefficient (Wildman–Crippen LogP) is 2.84. The summed E-state index contributed by atoms with van der Waals surface area (Å²) < 4.78 is 10.5. The van der Waals surface area contributed by atoms with E-state index >= 15 is 0 Å². The van der Waals surface area contributed by atoms with Crippen LogP contribution in [0.4, 0.5) is 4.79 Å². The molecule has 0 saturated carbocycles. The summed E-state index contributed by atoms with van der Waals surface area (Å²) in [6.07, 6.45) is 4.46. The lowest BCUT2D eigenvalue weighted by atomic mass is 10.1. The van der Waals surface area contributed by atoms with Gasteiger partial charge in [-0.1, -0.05) is 18.2 Å². The van der Waals surface area contributed by atoms with Crippen LogP contribution in [0.2, 0.25) is 0 Å². The molecule has 136 valence electrons. The van der Waals surface area contributed by atoms with Crippen LogP contribution in [0.5, 0.6) is 5.75 Å². The van der Waals surface area contributed by atoms with Gasteiger partial charge in [0.15, 0.2) is 0 Å². The summed E-state index contributed by atoms with van der Waals surface area (Å²) in [6, 6.07) is 7.67. The number of rotatable bonds is 6. The molecule has 1 aromatic rings. The van der Waals surface area contributed by atoms with Crippen molar-refractivity contribution < 1.29 is 19.1 Å². The van der Waals surface area contributed by atoms with Crippen molar-refractivity contribution in [3.63, 3.8) is 0 Å². The zero-order valence-corrected chi connectivity index (χ0v) is 14.9. The Balaban J connectivity index is 1.82. The van der Waals surface area contributed by atoms with Gasteiger partial charge in [-0.2, -0.15) is 0 Å². The monoisotopic (exact) mass is 346 g/mol. The van der Waals surface area contributed by atoms with E-state index in [4.69, 9.17) is 9.47 Å². The summed E-state index contributed by atoms with van der Waals surface area (Å²) in [7, 11) is 0. The molecular formula is C19H26N2O4. The highest BCUT2D eigenvalue weighted by molar-refractivity contribution is 5.92. The molecule has 1 N–H and O–H groups in total. The molecule has 1 aliphatic rings. The van der Waals surface area contributed by atoms with E-state index in [0.717, 1.165) is 24.2 Å². The number of benzene rings is 1. The van der Waals surface area contributed by atoms with Gasteiger partial charge in [-0.25, -0.2) is 4.79 Å². The Labute approximate surface area is 148 Å². The molecule has 0 aliphatic carbocycles. The lowest BCUT2D eigenvalue weighted by Gasteiger charge is -2.31. The van der Waals surface area contributed by atoms with E-state index in [-0.39, 0.29) is 18.0 Å². The molecule has 0 radical (unpaired) electrons. The van der Waals surface area contributed by atoms with Gasteiger partial charge in [0.05, 0.1) is 13.2 Å². The van der Waals surface area contributed by atoms with Crippen molar-refractivity contribution in [2.75, 3.05) is 26.3 Å². The van der Waals surface area contributed by atoms with E-state index in [0.29, 0.717) is 26.3 Å². The van der Waals surface area contributed by atoms with E-state index in [1.165, 1.54) is 6.08 Å². The van der Waals surface area contributed by atoms with Crippen LogP contribution in [0.3, 0.4) is 0 Å². The van der Waals surface area contributed by atoms with Gasteiger partial charge in [-0.05, 0) is 38.8 Å². The highest BCUT2D eigenvalue weighted by Crippen LogP contribution is 2.19. The van der Waals surface area contributed by atoms with Gasteiger partial charge in [0.1, 0.15) is 5.75 Å². The molecule has 0 spiro atoms. The Morgan fingerprint density at radius 3 is 2.60 bits per heavy atom. The van der Waals surface area contributed by atoms with Crippen LogP contribution >= 0.6 is 0 Å². The second-order valence-corrected chi connectivity index (χ2v) is 5.77. The van der Waals surface area contributed by atoms with Gasteiger partial charge in [0.2, 0.25) is 5.91 Å². The van der Waals surface area contributed by atoms with Crippen molar-refractivity contribution in [3.05, 3.63) is 35.9 Å². The fourth-order valence-corrected chi connectivity index (χ4v) is 2.74. The Hall–Kier alpha value is -2.50. The molecule has 25 heavy (non-hydrogen) atoms. The number of carbonyl (C=O) groups excluding carboxylic acids is 2. The zero-order valence-electron chi connectivity index (χ0n) is 14.9. The van der Waals surface area contributed by atoms with Gasteiger partial charge in [-0.15, -0.1) is 0 Å². The second kappa shape index (κ2) is 9.71. The van der Waals surface area contributed by atoms with Gasteiger partial charge in [-0.3, -0.25) is 4.79 Å². The van der Waals surface area contributed by atoms with E-state index in [9.17, 15) is 9.59 Å². The number of piperidine rings is 1. The van der Waals surface area contributed by atoms with Crippen molar-refractivity contribution in [1.29, 1.82) is 0 Å². The van der Waals surface area contributed by atoms with Gasteiger partial charge in [0, 0.05) is 30.8 Å². The van der Waals surface area contributed by atoms with Crippen molar-refractivity contribution in [2.24, 2.45) is 0 Å². The first-order valence-electron chi connectivity index (χ1n) is 8.76. The number of hydrogen-bond donors (Lipinski definition) is 1. The first-order valence-corrected chi connectivity index (χ1v) is 8.76. The number of amides is 2. The normalized spacial score (nSPS) is 15.2. The molecule has 0 atom stereocenters. The minimum Gasteiger partial charge on any atom is -0.493 e. The lowest BCUT2D eigenvalue weighted by molar-refractivity contribution is -0.117. The van der Waals surface area contributed by atoms with Crippen molar-refractivity contribution in [3.8, 4) is 5.75 Å². The summed E-state index contributed by atoms with van der Waals surface area (Å²) in [6.45, 7) is 5.87. The lowest BCUT2D eigenvalue weighted by Crippen LogP contribution is -2.46.